The monoisotopic (exact) mass is 280 g/mol. The third-order valence-corrected chi connectivity index (χ3v) is 2.90. The number of rotatable bonds is 3. The Hall–Kier alpha value is -1.58. The highest BCUT2D eigenvalue weighted by Crippen LogP contribution is 2.16. The molecule has 92 valence electrons. The molecule has 1 heterocycles. The van der Waals surface area contributed by atoms with Gasteiger partial charge in [-0.15, -0.1) is 0 Å². The fraction of sp³-hybridized carbons (Fsp3) is 0.0769. The van der Waals surface area contributed by atoms with Gasteiger partial charge in [-0.3, -0.25) is 4.79 Å². The Morgan fingerprint density at radius 1 is 1.22 bits per heavy atom. The van der Waals surface area contributed by atoms with Crippen molar-refractivity contribution in [3.63, 3.8) is 0 Å². The molecule has 2 rings (SSSR count). The number of nitrogens with zero attached hydrogens (tertiary/aromatic N) is 1. The zero-order valence-corrected chi connectivity index (χ0v) is 10.9. The molecule has 1 amide bonds. The van der Waals surface area contributed by atoms with E-state index in [0.29, 0.717) is 15.9 Å². The van der Waals surface area contributed by atoms with Gasteiger partial charge >= 0.3 is 0 Å². The Morgan fingerprint density at radius 3 is 2.72 bits per heavy atom. The molecule has 0 radical (unpaired) electrons. The van der Waals surface area contributed by atoms with Crippen LogP contribution in [0.25, 0.3) is 0 Å². The average molecular weight is 281 g/mol. The smallest absolute Gasteiger partial charge is 0.230 e. The van der Waals surface area contributed by atoms with Gasteiger partial charge in [-0.1, -0.05) is 41.4 Å². The van der Waals surface area contributed by atoms with Gasteiger partial charge in [0, 0.05) is 16.2 Å². The number of pyridine rings is 1. The molecule has 0 aliphatic rings. The van der Waals surface area contributed by atoms with Gasteiger partial charge in [0.05, 0.1) is 6.42 Å². The van der Waals surface area contributed by atoms with Crippen molar-refractivity contribution >= 4 is 34.9 Å². The van der Waals surface area contributed by atoms with Crippen LogP contribution >= 0.6 is 23.2 Å². The van der Waals surface area contributed by atoms with Gasteiger partial charge in [0.2, 0.25) is 5.91 Å². The molecular formula is C13H10Cl2N2O. The highest BCUT2D eigenvalue weighted by molar-refractivity contribution is 6.31. The van der Waals surface area contributed by atoms with Gasteiger partial charge in [0.25, 0.3) is 0 Å². The van der Waals surface area contributed by atoms with Gasteiger partial charge in [0.1, 0.15) is 5.82 Å². The third-order valence-electron chi connectivity index (χ3n) is 2.30. The number of aromatic nitrogens is 1. The molecule has 0 aliphatic carbocycles. The van der Waals surface area contributed by atoms with Crippen molar-refractivity contribution in [2.24, 2.45) is 0 Å². The van der Waals surface area contributed by atoms with Gasteiger partial charge in [0.15, 0.2) is 0 Å². The van der Waals surface area contributed by atoms with Crippen molar-refractivity contribution in [2.45, 2.75) is 6.42 Å². The number of carbonyl (C=O) groups excluding carboxylic acids is 1. The predicted octanol–water partition coefficient (Wildman–Crippen LogP) is 3.57. The quantitative estimate of drug-likeness (QED) is 0.934. The summed E-state index contributed by atoms with van der Waals surface area (Å²) < 4.78 is 0. The van der Waals surface area contributed by atoms with Crippen molar-refractivity contribution in [1.82, 2.24) is 4.98 Å². The van der Waals surface area contributed by atoms with E-state index in [1.807, 2.05) is 18.2 Å². The van der Waals surface area contributed by atoms with E-state index in [0.717, 1.165) is 5.56 Å². The minimum absolute atomic E-state index is 0.183. The first-order valence-corrected chi connectivity index (χ1v) is 6.05. The molecule has 0 saturated carbocycles. The van der Waals surface area contributed by atoms with Gasteiger partial charge in [-0.2, -0.15) is 0 Å². The summed E-state index contributed by atoms with van der Waals surface area (Å²) >= 11 is 11.8. The molecule has 3 nitrogen and oxygen atoms in total. The van der Waals surface area contributed by atoms with Crippen LogP contribution in [0.4, 0.5) is 5.82 Å². The molecule has 0 saturated heterocycles. The Labute approximate surface area is 115 Å². The lowest BCUT2D eigenvalue weighted by atomic mass is 10.1. The normalized spacial score (nSPS) is 10.1. The topological polar surface area (TPSA) is 42.0 Å². The van der Waals surface area contributed by atoms with Crippen molar-refractivity contribution in [1.29, 1.82) is 0 Å². The van der Waals surface area contributed by atoms with Gasteiger partial charge in [-0.25, -0.2) is 4.98 Å². The van der Waals surface area contributed by atoms with E-state index in [9.17, 15) is 4.79 Å². The molecule has 0 atom stereocenters. The van der Waals surface area contributed by atoms with Crippen LogP contribution in [0.1, 0.15) is 5.56 Å². The number of benzene rings is 1. The van der Waals surface area contributed by atoms with Gasteiger partial charge in [-0.05, 0) is 23.8 Å². The van der Waals surface area contributed by atoms with E-state index in [-0.39, 0.29) is 12.3 Å². The zero-order valence-electron chi connectivity index (χ0n) is 9.36. The van der Waals surface area contributed by atoms with Crippen LogP contribution in [0, 0.1) is 0 Å². The van der Waals surface area contributed by atoms with Crippen LogP contribution in [-0.4, -0.2) is 10.9 Å². The SMILES string of the molecule is O=C(Cc1ccccc1Cl)Nc1cc(Cl)ccn1. The van der Waals surface area contributed by atoms with Crippen molar-refractivity contribution < 1.29 is 4.79 Å². The first-order chi connectivity index (χ1) is 8.65. The number of hydrogen-bond donors (Lipinski definition) is 1. The molecule has 0 fully saturated rings. The number of nitrogens with one attached hydrogen (secondary N) is 1. The van der Waals surface area contributed by atoms with Crippen LogP contribution in [-0.2, 0) is 11.2 Å². The van der Waals surface area contributed by atoms with E-state index in [1.165, 1.54) is 6.20 Å². The number of halogens is 2. The molecule has 5 heteroatoms. The summed E-state index contributed by atoms with van der Waals surface area (Å²) in [5.41, 5.74) is 0.777. The molecule has 1 N–H and O–H groups in total. The van der Waals surface area contributed by atoms with Crippen LogP contribution in [0.5, 0.6) is 0 Å². The molecule has 1 aromatic heterocycles. The van der Waals surface area contributed by atoms with Crippen LogP contribution < -0.4 is 5.32 Å². The Kier molecular flexibility index (Phi) is 4.18. The summed E-state index contributed by atoms with van der Waals surface area (Å²) in [4.78, 5) is 15.8. The highest BCUT2D eigenvalue weighted by atomic mass is 35.5. The maximum Gasteiger partial charge on any atom is 0.230 e. The predicted molar refractivity (Wildman–Crippen MR) is 73.0 cm³/mol. The fourth-order valence-corrected chi connectivity index (χ4v) is 1.84. The Bertz CT molecular complexity index is 572. The molecular weight excluding hydrogens is 271 g/mol. The number of anilines is 1. The first kappa shape index (κ1) is 12.9. The second kappa shape index (κ2) is 5.85. The van der Waals surface area contributed by atoms with E-state index < -0.39 is 0 Å². The molecule has 1 aromatic carbocycles. The number of amides is 1. The molecule has 0 unspecified atom stereocenters. The summed E-state index contributed by atoms with van der Waals surface area (Å²) in [7, 11) is 0. The lowest BCUT2D eigenvalue weighted by molar-refractivity contribution is -0.115. The Balaban J connectivity index is 2.03. The summed E-state index contributed by atoms with van der Waals surface area (Å²) in [5, 5.41) is 3.77. The molecule has 0 spiro atoms. The van der Waals surface area contributed by atoms with Crippen LogP contribution in [0.15, 0.2) is 42.6 Å². The largest absolute Gasteiger partial charge is 0.310 e. The Morgan fingerprint density at radius 2 is 2.00 bits per heavy atom. The fourth-order valence-electron chi connectivity index (χ4n) is 1.47. The highest BCUT2D eigenvalue weighted by Gasteiger charge is 2.07. The van der Waals surface area contributed by atoms with Crippen molar-refractivity contribution in [3.05, 3.63) is 58.2 Å². The minimum Gasteiger partial charge on any atom is -0.310 e. The summed E-state index contributed by atoms with van der Waals surface area (Å²) in [6, 6.07) is 10.5. The first-order valence-electron chi connectivity index (χ1n) is 5.30. The van der Waals surface area contributed by atoms with Crippen molar-refractivity contribution in [2.75, 3.05) is 5.32 Å². The van der Waals surface area contributed by atoms with E-state index in [1.54, 1.807) is 18.2 Å². The lowest BCUT2D eigenvalue weighted by Crippen LogP contribution is -2.15. The third kappa shape index (κ3) is 3.45. The van der Waals surface area contributed by atoms with Crippen LogP contribution in [0.2, 0.25) is 10.0 Å². The maximum absolute atomic E-state index is 11.8. The number of hydrogen-bond acceptors (Lipinski definition) is 2. The van der Waals surface area contributed by atoms with E-state index in [2.05, 4.69) is 10.3 Å². The minimum atomic E-state index is -0.183. The number of carbonyl (C=O) groups is 1. The molecule has 18 heavy (non-hydrogen) atoms. The zero-order chi connectivity index (χ0) is 13.0. The molecule has 2 aromatic rings. The summed E-state index contributed by atoms with van der Waals surface area (Å²) in [6.45, 7) is 0. The standard InChI is InChI=1S/C13H10Cl2N2O/c14-10-5-6-16-12(8-10)17-13(18)7-9-3-1-2-4-11(9)15/h1-6,8H,7H2,(H,16,17,18). The molecule has 0 aliphatic heterocycles. The summed E-state index contributed by atoms with van der Waals surface area (Å²) in [6.07, 6.45) is 1.74. The van der Waals surface area contributed by atoms with Crippen molar-refractivity contribution in [3.8, 4) is 0 Å². The van der Waals surface area contributed by atoms with Crippen LogP contribution in [0.3, 0.4) is 0 Å². The second-order valence-electron chi connectivity index (χ2n) is 3.68. The van der Waals surface area contributed by atoms with E-state index >= 15 is 0 Å². The lowest BCUT2D eigenvalue weighted by Gasteiger charge is -2.05. The van der Waals surface area contributed by atoms with Gasteiger partial charge < -0.3 is 5.32 Å². The summed E-state index contributed by atoms with van der Waals surface area (Å²) in [5.74, 6) is 0.248. The average Bonchev–Trinajstić information content (AvgIpc) is 2.32. The second-order valence-corrected chi connectivity index (χ2v) is 4.52. The van der Waals surface area contributed by atoms with E-state index in [4.69, 9.17) is 23.2 Å². The maximum atomic E-state index is 11.8. The molecule has 0 bridgehead atoms.